The third-order valence-electron chi connectivity index (χ3n) is 5.55. The van der Waals surface area contributed by atoms with Gasteiger partial charge in [0.15, 0.2) is 0 Å². The van der Waals surface area contributed by atoms with Gasteiger partial charge >= 0.3 is 0 Å². The zero-order chi connectivity index (χ0) is 21.9. The molecular formula is C23H37N5OS. The van der Waals surface area contributed by atoms with E-state index < -0.39 is 0 Å². The number of thiazole rings is 1. The van der Waals surface area contributed by atoms with E-state index in [0.29, 0.717) is 6.54 Å². The van der Waals surface area contributed by atoms with Crippen LogP contribution in [0, 0.1) is 13.8 Å². The lowest BCUT2D eigenvalue weighted by Gasteiger charge is -2.34. The monoisotopic (exact) mass is 431 g/mol. The van der Waals surface area contributed by atoms with Gasteiger partial charge in [0.1, 0.15) is 5.01 Å². The van der Waals surface area contributed by atoms with Gasteiger partial charge in [-0.3, -0.25) is 14.6 Å². The molecule has 1 N–H and O–H groups in total. The molecule has 0 atom stereocenters. The summed E-state index contributed by atoms with van der Waals surface area (Å²) >= 11 is 1.75. The normalized spacial score (nSPS) is 16.2. The van der Waals surface area contributed by atoms with Gasteiger partial charge in [-0.05, 0) is 47.1 Å². The van der Waals surface area contributed by atoms with Crippen molar-refractivity contribution in [3.63, 3.8) is 0 Å². The number of carbonyl (C=O) groups is 1. The minimum atomic E-state index is -0.171. The number of carbonyl (C=O) groups excluding carboxylic acids is 1. The van der Waals surface area contributed by atoms with Gasteiger partial charge in [0.05, 0.1) is 18.8 Å². The molecule has 2 aromatic heterocycles. The topological polar surface area (TPSA) is 53.4 Å². The highest BCUT2D eigenvalue weighted by molar-refractivity contribution is 7.09. The van der Waals surface area contributed by atoms with Crippen LogP contribution in [0.25, 0.3) is 11.3 Å². The third-order valence-corrected chi connectivity index (χ3v) is 6.39. The quantitative estimate of drug-likeness (QED) is 0.727. The molecule has 7 heteroatoms. The van der Waals surface area contributed by atoms with Crippen molar-refractivity contribution in [2.75, 3.05) is 32.7 Å². The molecule has 0 spiro atoms. The summed E-state index contributed by atoms with van der Waals surface area (Å²) in [6, 6.07) is 2.27. The largest absolute Gasteiger partial charge is 0.350 e. The van der Waals surface area contributed by atoms with E-state index >= 15 is 0 Å². The van der Waals surface area contributed by atoms with E-state index in [2.05, 4.69) is 51.9 Å². The molecule has 0 radical (unpaired) electrons. The second-order valence-electron chi connectivity index (χ2n) is 9.41. The summed E-state index contributed by atoms with van der Waals surface area (Å²) in [7, 11) is 0. The van der Waals surface area contributed by atoms with E-state index in [1.165, 1.54) is 22.0 Å². The number of aryl methyl sites for hydroxylation is 1. The second-order valence-corrected chi connectivity index (χ2v) is 10.4. The van der Waals surface area contributed by atoms with Crippen molar-refractivity contribution < 1.29 is 4.79 Å². The number of nitrogens with one attached hydrogen (secondary N) is 1. The summed E-state index contributed by atoms with van der Waals surface area (Å²) in [6.07, 6.45) is 1.14. The fourth-order valence-electron chi connectivity index (χ4n) is 4.09. The van der Waals surface area contributed by atoms with Crippen LogP contribution in [0.15, 0.2) is 11.4 Å². The lowest BCUT2D eigenvalue weighted by Crippen LogP contribution is -2.51. The van der Waals surface area contributed by atoms with Crippen LogP contribution in [-0.4, -0.2) is 63.5 Å². The number of nitrogens with zero attached hydrogens (tertiary/aromatic N) is 4. The number of piperazine rings is 1. The minimum Gasteiger partial charge on any atom is -0.350 e. The van der Waals surface area contributed by atoms with Crippen molar-refractivity contribution in [1.29, 1.82) is 0 Å². The molecule has 0 aliphatic carbocycles. The average molecular weight is 432 g/mol. The molecule has 1 aliphatic rings. The zero-order valence-corrected chi connectivity index (χ0v) is 20.2. The van der Waals surface area contributed by atoms with Crippen LogP contribution in [-0.2, 0) is 17.9 Å². The molecule has 0 bridgehead atoms. The molecule has 0 unspecified atom stereocenters. The summed E-state index contributed by atoms with van der Waals surface area (Å²) in [5.74, 6) is 0.112. The smallest absolute Gasteiger partial charge is 0.234 e. The molecule has 3 heterocycles. The van der Waals surface area contributed by atoms with Crippen LogP contribution >= 0.6 is 11.3 Å². The van der Waals surface area contributed by atoms with Gasteiger partial charge in [-0.25, -0.2) is 4.98 Å². The maximum absolute atomic E-state index is 12.2. The Morgan fingerprint density at radius 2 is 1.83 bits per heavy atom. The number of rotatable bonds is 7. The Bertz CT molecular complexity index is 856. The van der Waals surface area contributed by atoms with Gasteiger partial charge in [0, 0.05) is 60.6 Å². The van der Waals surface area contributed by atoms with Crippen LogP contribution < -0.4 is 5.32 Å². The number of amides is 1. The standard InChI is InChI=1S/C23H37N5OS/c1-7-8-28-17(2)13-19(18(28)3)20-16-30-22(24-20)15-27-11-9-26(10-12-27)14-21(29)25-23(4,5)6/h13,16H,7-12,14-15H2,1-6H3,(H,25,29). The SMILES string of the molecule is CCCn1c(C)cc(-c2csc(CN3CCN(CC(=O)NC(C)(C)C)CC3)n2)c1C. The van der Waals surface area contributed by atoms with Gasteiger partial charge in [-0.1, -0.05) is 6.92 Å². The molecule has 0 saturated carbocycles. The van der Waals surface area contributed by atoms with Gasteiger partial charge in [0.25, 0.3) is 0 Å². The molecule has 166 valence electrons. The molecule has 1 amide bonds. The average Bonchev–Trinajstić information content (AvgIpc) is 3.21. The predicted octanol–water partition coefficient (Wildman–Crippen LogP) is 3.67. The van der Waals surface area contributed by atoms with Gasteiger partial charge in [-0.2, -0.15) is 0 Å². The number of hydrogen-bond acceptors (Lipinski definition) is 5. The van der Waals surface area contributed by atoms with Crippen molar-refractivity contribution in [2.45, 2.75) is 66.6 Å². The van der Waals surface area contributed by atoms with Gasteiger partial charge in [0.2, 0.25) is 5.91 Å². The van der Waals surface area contributed by atoms with Gasteiger partial charge in [-0.15, -0.1) is 11.3 Å². The Morgan fingerprint density at radius 1 is 1.17 bits per heavy atom. The molecule has 1 saturated heterocycles. The second kappa shape index (κ2) is 9.62. The molecule has 30 heavy (non-hydrogen) atoms. The summed E-state index contributed by atoms with van der Waals surface area (Å²) in [5, 5.41) is 6.42. The highest BCUT2D eigenvalue weighted by Crippen LogP contribution is 2.29. The maximum Gasteiger partial charge on any atom is 0.234 e. The first kappa shape index (κ1) is 23.0. The lowest BCUT2D eigenvalue weighted by atomic mass is 10.1. The summed E-state index contributed by atoms with van der Waals surface area (Å²) in [5.41, 5.74) is 4.82. The number of hydrogen-bond donors (Lipinski definition) is 1. The van der Waals surface area contributed by atoms with Crippen LogP contribution in [0.3, 0.4) is 0 Å². The maximum atomic E-state index is 12.2. The molecule has 6 nitrogen and oxygen atoms in total. The van der Waals surface area contributed by atoms with E-state index in [1.54, 1.807) is 11.3 Å². The molecular weight excluding hydrogens is 394 g/mol. The van der Waals surface area contributed by atoms with Crippen LogP contribution in [0.4, 0.5) is 0 Å². The first-order valence-corrected chi connectivity index (χ1v) is 11.9. The molecule has 2 aromatic rings. The van der Waals surface area contributed by atoms with Crippen molar-refractivity contribution in [3.8, 4) is 11.3 Å². The zero-order valence-electron chi connectivity index (χ0n) is 19.4. The Balaban J connectivity index is 1.53. The first-order valence-electron chi connectivity index (χ1n) is 11.0. The highest BCUT2D eigenvalue weighted by Gasteiger charge is 2.22. The van der Waals surface area contributed by atoms with Crippen molar-refractivity contribution in [2.24, 2.45) is 0 Å². The van der Waals surface area contributed by atoms with Crippen molar-refractivity contribution >= 4 is 17.2 Å². The van der Waals surface area contributed by atoms with Crippen molar-refractivity contribution in [3.05, 3.63) is 27.8 Å². The lowest BCUT2D eigenvalue weighted by molar-refractivity contribution is -0.124. The van der Waals surface area contributed by atoms with E-state index in [0.717, 1.165) is 51.4 Å². The van der Waals surface area contributed by atoms with Crippen LogP contribution in [0.1, 0.15) is 50.5 Å². The molecule has 1 fully saturated rings. The van der Waals surface area contributed by atoms with Gasteiger partial charge < -0.3 is 9.88 Å². The van der Waals surface area contributed by atoms with Crippen molar-refractivity contribution in [1.82, 2.24) is 24.7 Å². The predicted molar refractivity (Wildman–Crippen MR) is 125 cm³/mol. The fourth-order valence-corrected chi connectivity index (χ4v) is 4.93. The summed E-state index contributed by atoms with van der Waals surface area (Å²) < 4.78 is 2.39. The first-order chi connectivity index (χ1) is 14.2. The Hall–Kier alpha value is -1.70. The van der Waals surface area contributed by atoms with E-state index in [4.69, 9.17) is 4.98 Å². The molecule has 3 rings (SSSR count). The van der Waals surface area contributed by atoms with E-state index in [1.807, 2.05) is 20.8 Å². The summed E-state index contributed by atoms with van der Waals surface area (Å²) in [4.78, 5) is 21.8. The molecule has 1 aliphatic heterocycles. The third kappa shape index (κ3) is 5.93. The molecule has 0 aromatic carbocycles. The fraction of sp³-hybridized carbons (Fsp3) is 0.652. The Morgan fingerprint density at radius 3 is 2.47 bits per heavy atom. The number of aromatic nitrogens is 2. The van der Waals surface area contributed by atoms with Crippen LogP contribution in [0.2, 0.25) is 0 Å². The van der Waals surface area contributed by atoms with E-state index in [9.17, 15) is 4.79 Å². The minimum absolute atomic E-state index is 0.112. The summed E-state index contributed by atoms with van der Waals surface area (Å²) in [6.45, 7) is 18.9. The van der Waals surface area contributed by atoms with Crippen LogP contribution in [0.5, 0.6) is 0 Å². The Kier molecular flexibility index (Phi) is 7.37. The highest BCUT2D eigenvalue weighted by atomic mass is 32.1. The Labute approximate surface area is 185 Å². The van der Waals surface area contributed by atoms with E-state index in [-0.39, 0.29) is 11.4 Å².